The number of rotatable bonds is 4. The van der Waals surface area contributed by atoms with Crippen molar-refractivity contribution in [1.82, 2.24) is 20.1 Å². The van der Waals surface area contributed by atoms with E-state index in [1.807, 2.05) is 0 Å². The van der Waals surface area contributed by atoms with Crippen molar-refractivity contribution in [2.24, 2.45) is 0 Å². The molecule has 7 nitrogen and oxygen atoms in total. The molecule has 0 bridgehead atoms. The van der Waals surface area contributed by atoms with E-state index in [1.165, 1.54) is 4.68 Å². The monoisotopic (exact) mass is 249 g/mol. The van der Waals surface area contributed by atoms with Crippen LogP contribution in [0.4, 0.5) is 5.82 Å². The number of nitrogen functional groups attached to an aromatic ring is 1. The van der Waals surface area contributed by atoms with Gasteiger partial charge in [0.1, 0.15) is 24.2 Å². The van der Waals surface area contributed by atoms with Crippen molar-refractivity contribution in [3.63, 3.8) is 0 Å². The summed E-state index contributed by atoms with van der Waals surface area (Å²) in [6.45, 7) is 3.72. The molecule has 2 aromatic heterocycles. The lowest BCUT2D eigenvalue weighted by Crippen LogP contribution is -2.30. The molecule has 1 amide bonds. The van der Waals surface area contributed by atoms with E-state index in [-0.39, 0.29) is 18.5 Å². The number of hydrogen-bond donors (Lipinski definition) is 2. The van der Waals surface area contributed by atoms with Gasteiger partial charge in [-0.15, -0.1) is 0 Å². The van der Waals surface area contributed by atoms with Crippen molar-refractivity contribution in [3.8, 4) is 0 Å². The first-order chi connectivity index (χ1) is 8.54. The molecule has 0 fully saturated rings. The third kappa shape index (κ3) is 2.88. The number of amides is 1. The minimum atomic E-state index is -0.279. The SMILES string of the molecule is Cc1cnc(C(C)NC(=O)Cn2ccc(N)n2)o1. The first-order valence-electron chi connectivity index (χ1n) is 5.55. The predicted molar refractivity (Wildman–Crippen MR) is 64.4 cm³/mol. The number of hydrogen-bond acceptors (Lipinski definition) is 5. The molecule has 1 unspecified atom stereocenters. The molecule has 0 spiro atoms. The van der Waals surface area contributed by atoms with E-state index in [4.69, 9.17) is 10.2 Å². The molecule has 2 aromatic rings. The molecular weight excluding hydrogens is 234 g/mol. The number of oxazole rings is 1. The molecule has 3 N–H and O–H groups in total. The van der Waals surface area contributed by atoms with E-state index in [0.29, 0.717) is 17.5 Å². The van der Waals surface area contributed by atoms with Crippen molar-refractivity contribution in [2.75, 3.05) is 5.73 Å². The maximum absolute atomic E-state index is 11.7. The van der Waals surface area contributed by atoms with E-state index < -0.39 is 0 Å². The number of aromatic nitrogens is 3. The van der Waals surface area contributed by atoms with Gasteiger partial charge in [-0.2, -0.15) is 5.10 Å². The smallest absolute Gasteiger partial charge is 0.242 e. The summed E-state index contributed by atoms with van der Waals surface area (Å²) < 4.78 is 6.80. The Morgan fingerprint density at radius 2 is 2.44 bits per heavy atom. The topological polar surface area (TPSA) is 99.0 Å². The van der Waals surface area contributed by atoms with Crippen LogP contribution in [0.3, 0.4) is 0 Å². The lowest BCUT2D eigenvalue weighted by molar-refractivity contribution is -0.122. The fourth-order valence-corrected chi connectivity index (χ4v) is 1.53. The summed E-state index contributed by atoms with van der Waals surface area (Å²) in [4.78, 5) is 15.8. The van der Waals surface area contributed by atoms with Crippen LogP contribution in [0.2, 0.25) is 0 Å². The highest BCUT2D eigenvalue weighted by molar-refractivity contribution is 5.76. The summed E-state index contributed by atoms with van der Waals surface area (Å²) in [5.74, 6) is 1.41. The summed E-state index contributed by atoms with van der Waals surface area (Å²) in [5, 5.41) is 6.70. The molecule has 2 heterocycles. The highest BCUT2D eigenvalue weighted by Crippen LogP contribution is 2.11. The van der Waals surface area contributed by atoms with Crippen molar-refractivity contribution >= 4 is 11.7 Å². The van der Waals surface area contributed by atoms with Crippen LogP contribution in [-0.4, -0.2) is 20.7 Å². The van der Waals surface area contributed by atoms with Crippen LogP contribution in [0.25, 0.3) is 0 Å². The largest absolute Gasteiger partial charge is 0.444 e. The van der Waals surface area contributed by atoms with Crippen LogP contribution in [0.15, 0.2) is 22.9 Å². The van der Waals surface area contributed by atoms with Gasteiger partial charge in [0.25, 0.3) is 0 Å². The second-order valence-electron chi connectivity index (χ2n) is 4.04. The zero-order chi connectivity index (χ0) is 13.1. The van der Waals surface area contributed by atoms with Gasteiger partial charge in [0.15, 0.2) is 0 Å². The van der Waals surface area contributed by atoms with Gasteiger partial charge in [0.2, 0.25) is 11.8 Å². The Hall–Kier alpha value is -2.31. The minimum Gasteiger partial charge on any atom is -0.444 e. The molecule has 0 aliphatic carbocycles. The molecular formula is C11H15N5O2. The number of aryl methyl sites for hydroxylation is 1. The maximum atomic E-state index is 11.7. The molecule has 0 aliphatic rings. The average Bonchev–Trinajstić information content (AvgIpc) is 2.87. The van der Waals surface area contributed by atoms with E-state index in [9.17, 15) is 4.79 Å². The number of nitrogens with one attached hydrogen (secondary N) is 1. The molecule has 2 rings (SSSR count). The second-order valence-corrected chi connectivity index (χ2v) is 4.04. The fraction of sp³-hybridized carbons (Fsp3) is 0.364. The first-order valence-corrected chi connectivity index (χ1v) is 5.55. The lowest BCUT2D eigenvalue weighted by Gasteiger charge is -2.10. The predicted octanol–water partition coefficient (Wildman–Crippen LogP) is 0.639. The molecule has 0 aliphatic heterocycles. The van der Waals surface area contributed by atoms with Gasteiger partial charge in [0.05, 0.1) is 6.20 Å². The Bertz CT molecular complexity index is 545. The number of nitrogens with zero attached hydrogens (tertiary/aromatic N) is 3. The Labute approximate surface area is 104 Å². The molecule has 96 valence electrons. The number of carbonyl (C=O) groups excluding carboxylic acids is 1. The van der Waals surface area contributed by atoms with Gasteiger partial charge in [-0.1, -0.05) is 0 Å². The van der Waals surface area contributed by atoms with E-state index in [2.05, 4.69) is 15.4 Å². The number of carbonyl (C=O) groups is 1. The summed E-state index contributed by atoms with van der Waals surface area (Å²) in [7, 11) is 0. The zero-order valence-corrected chi connectivity index (χ0v) is 10.3. The Balaban J connectivity index is 1.91. The summed E-state index contributed by atoms with van der Waals surface area (Å²) in [5.41, 5.74) is 5.46. The highest BCUT2D eigenvalue weighted by atomic mass is 16.4. The normalized spacial score (nSPS) is 12.3. The molecule has 18 heavy (non-hydrogen) atoms. The van der Waals surface area contributed by atoms with E-state index in [0.717, 1.165) is 0 Å². The number of anilines is 1. The van der Waals surface area contributed by atoms with Gasteiger partial charge in [-0.3, -0.25) is 9.48 Å². The van der Waals surface area contributed by atoms with Crippen molar-refractivity contribution < 1.29 is 9.21 Å². The average molecular weight is 249 g/mol. The third-order valence-corrected chi connectivity index (χ3v) is 2.35. The van der Waals surface area contributed by atoms with Gasteiger partial charge < -0.3 is 15.5 Å². The molecule has 1 atom stereocenters. The molecule has 0 radical (unpaired) electrons. The summed E-state index contributed by atoms with van der Waals surface area (Å²) in [6, 6.07) is 1.35. The third-order valence-electron chi connectivity index (χ3n) is 2.35. The van der Waals surface area contributed by atoms with Crippen LogP contribution in [0.1, 0.15) is 24.6 Å². The van der Waals surface area contributed by atoms with Gasteiger partial charge >= 0.3 is 0 Å². The summed E-state index contributed by atoms with van der Waals surface area (Å²) >= 11 is 0. The molecule has 0 saturated carbocycles. The maximum Gasteiger partial charge on any atom is 0.242 e. The second kappa shape index (κ2) is 4.91. The van der Waals surface area contributed by atoms with Crippen LogP contribution >= 0.6 is 0 Å². The molecule has 7 heteroatoms. The Morgan fingerprint density at radius 1 is 1.67 bits per heavy atom. The van der Waals surface area contributed by atoms with Gasteiger partial charge in [0, 0.05) is 6.20 Å². The fourth-order valence-electron chi connectivity index (χ4n) is 1.53. The van der Waals surface area contributed by atoms with E-state index in [1.54, 1.807) is 32.3 Å². The summed E-state index contributed by atoms with van der Waals surface area (Å²) in [6.07, 6.45) is 3.26. The van der Waals surface area contributed by atoms with Crippen LogP contribution < -0.4 is 11.1 Å². The van der Waals surface area contributed by atoms with Crippen LogP contribution in [0, 0.1) is 6.92 Å². The molecule has 0 aromatic carbocycles. The van der Waals surface area contributed by atoms with Crippen LogP contribution in [0.5, 0.6) is 0 Å². The minimum absolute atomic E-state index is 0.112. The standard InChI is InChI=1S/C11H15N5O2/c1-7-5-13-11(18-7)8(2)14-10(17)6-16-4-3-9(12)15-16/h3-5,8H,6H2,1-2H3,(H2,12,15)(H,14,17). The van der Waals surface area contributed by atoms with Gasteiger partial charge in [-0.05, 0) is 19.9 Å². The van der Waals surface area contributed by atoms with Crippen molar-refractivity contribution in [2.45, 2.75) is 26.4 Å². The zero-order valence-electron chi connectivity index (χ0n) is 10.3. The van der Waals surface area contributed by atoms with Crippen molar-refractivity contribution in [3.05, 3.63) is 30.1 Å². The van der Waals surface area contributed by atoms with Crippen molar-refractivity contribution in [1.29, 1.82) is 0 Å². The highest BCUT2D eigenvalue weighted by Gasteiger charge is 2.14. The van der Waals surface area contributed by atoms with Gasteiger partial charge in [-0.25, -0.2) is 4.98 Å². The Morgan fingerprint density at radius 3 is 3.00 bits per heavy atom. The quantitative estimate of drug-likeness (QED) is 0.828. The molecule has 0 saturated heterocycles. The first kappa shape index (κ1) is 12.2. The number of nitrogens with two attached hydrogens (primary N) is 1. The Kier molecular flexibility index (Phi) is 3.31. The van der Waals surface area contributed by atoms with E-state index >= 15 is 0 Å². The van der Waals surface area contributed by atoms with Crippen LogP contribution in [-0.2, 0) is 11.3 Å². The lowest BCUT2D eigenvalue weighted by atomic mass is 10.3.